The first kappa shape index (κ1) is 20.8. The van der Waals surface area contributed by atoms with Crippen molar-refractivity contribution < 1.29 is 9.53 Å². The lowest BCUT2D eigenvalue weighted by molar-refractivity contribution is -0.142. The van der Waals surface area contributed by atoms with Crippen LogP contribution in [-0.2, 0) is 9.53 Å². The minimum absolute atomic E-state index is 0.296. The van der Waals surface area contributed by atoms with Gasteiger partial charge >= 0.3 is 5.97 Å². The SMILES string of the molecule is CCCCCCCCCCCCCCCOC(=O)C(C)Cl. The molecule has 0 spiro atoms. The molecular weight excluding hydrogens is 284 g/mol. The van der Waals surface area contributed by atoms with E-state index in [-0.39, 0.29) is 5.97 Å². The van der Waals surface area contributed by atoms with E-state index in [4.69, 9.17) is 16.3 Å². The number of carbonyl (C=O) groups excluding carboxylic acids is 1. The van der Waals surface area contributed by atoms with E-state index >= 15 is 0 Å². The molecule has 0 saturated heterocycles. The Balaban J connectivity index is 3.04. The highest BCUT2D eigenvalue weighted by Gasteiger charge is 2.09. The summed E-state index contributed by atoms with van der Waals surface area (Å²) >= 11 is 5.61. The van der Waals surface area contributed by atoms with Gasteiger partial charge in [-0.2, -0.15) is 0 Å². The summed E-state index contributed by atoms with van der Waals surface area (Å²) in [6.45, 7) is 4.43. The van der Waals surface area contributed by atoms with E-state index in [1.54, 1.807) is 6.92 Å². The van der Waals surface area contributed by atoms with Gasteiger partial charge in [0.15, 0.2) is 0 Å². The van der Waals surface area contributed by atoms with Crippen molar-refractivity contribution in [2.45, 2.75) is 103 Å². The van der Waals surface area contributed by atoms with E-state index in [1.807, 2.05) is 0 Å². The van der Waals surface area contributed by atoms with Crippen LogP contribution in [-0.4, -0.2) is 18.0 Å². The van der Waals surface area contributed by atoms with Gasteiger partial charge in [0.25, 0.3) is 0 Å². The molecule has 0 aromatic heterocycles. The van der Waals surface area contributed by atoms with Crippen LogP contribution in [0.1, 0.15) is 97.3 Å². The van der Waals surface area contributed by atoms with Gasteiger partial charge in [-0.15, -0.1) is 11.6 Å². The summed E-state index contributed by atoms with van der Waals surface area (Å²) in [5.41, 5.74) is 0. The van der Waals surface area contributed by atoms with Gasteiger partial charge in [-0.25, -0.2) is 0 Å². The molecule has 0 rings (SSSR count). The average Bonchev–Trinajstić information content (AvgIpc) is 2.47. The number of alkyl halides is 1. The van der Waals surface area contributed by atoms with E-state index in [1.165, 1.54) is 70.6 Å². The highest BCUT2D eigenvalue weighted by atomic mass is 35.5. The molecule has 0 heterocycles. The number of hydrogen-bond acceptors (Lipinski definition) is 2. The monoisotopic (exact) mass is 318 g/mol. The Morgan fingerprint density at radius 3 is 1.57 bits per heavy atom. The molecule has 0 aromatic rings. The number of halogens is 1. The number of unbranched alkanes of at least 4 members (excludes halogenated alkanes) is 12. The molecule has 0 amide bonds. The zero-order valence-electron chi connectivity index (χ0n) is 14.2. The lowest BCUT2D eigenvalue weighted by atomic mass is 10.0. The molecule has 1 atom stereocenters. The maximum Gasteiger partial charge on any atom is 0.323 e. The first-order valence-electron chi connectivity index (χ1n) is 8.99. The number of rotatable bonds is 15. The van der Waals surface area contributed by atoms with Crippen molar-refractivity contribution in [3.63, 3.8) is 0 Å². The predicted molar refractivity (Wildman–Crippen MR) is 92.0 cm³/mol. The van der Waals surface area contributed by atoms with Crippen molar-refractivity contribution >= 4 is 17.6 Å². The van der Waals surface area contributed by atoms with Crippen LogP contribution in [0.15, 0.2) is 0 Å². The third-order valence-electron chi connectivity index (χ3n) is 3.82. The average molecular weight is 319 g/mol. The second-order valence-corrected chi connectivity index (χ2v) is 6.68. The van der Waals surface area contributed by atoms with Crippen molar-refractivity contribution in [3.8, 4) is 0 Å². The number of hydrogen-bond donors (Lipinski definition) is 0. The van der Waals surface area contributed by atoms with E-state index in [0.717, 1.165) is 12.8 Å². The van der Waals surface area contributed by atoms with Crippen LogP contribution >= 0.6 is 11.6 Å². The third-order valence-corrected chi connectivity index (χ3v) is 4.00. The fourth-order valence-electron chi connectivity index (χ4n) is 2.41. The first-order valence-corrected chi connectivity index (χ1v) is 9.42. The summed E-state index contributed by atoms with van der Waals surface area (Å²) in [6, 6.07) is 0. The van der Waals surface area contributed by atoms with Crippen molar-refractivity contribution in [1.82, 2.24) is 0 Å². The lowest BCUT2D eigenvalue weighted by Gasteiger charge is -2.06. The minimum Gasteiger partial charge on any atom is -0.465 e. The molecule has 0 aliphatic carbocycles. The van der Waals surface area contributed by atoms with Crippen LogP contribution in [0.25, 0.3) is 0 Å². The zero-order chi connectivity index (χ0) is 15.8. The smallest absolute Gasteiger partial charge is 0.323 e. The number of ether oxygens (including phenoxy) is 1. The molecule has 21 heavy (non-hydrogen) atoms. The topological polar surface area (TPSA) is 26.3 Å². The van der Waals surface area contributed by atoms with E-state index in [9.17, 15) is 4.79 Å². The summed E-state index contributed by atoms with van der Waals surface area (Å²) in [6.07, 6.45) is 17.2. The zero-order valence-corrected chi connectivity index (χ0v) is 14.9. The molecule has 1 unspecified atom stereocenters. The highest BCUT2D eigenvalue weighted by molar-refractivity contribution is 6.29. The normalized spacial score (nSPS) is 12.3. The highest BCUT2D eigenvalue weighted by Crippen LogP contribution is 2.12. The summed E-state index contributed by atoms with van der Waals surface area (Å²) < 4.78 is 5.03. The van der Waals surface area contributed by atoms with Crippen LogP contribution in [0, 0.1) is 0 Å². The first-order chi connectivity index (χ1) is 10.2. The summed E-state index contributed by atoms with van der Waals surface area (Å²) in [5.74, 6) is -0.296. The fraction of sp³-hybridized carbons (Fsp3) is 0.944. The molecule has 0 bridgehead atoms. The van der Waals surface area contributed by atoms with Gasteiger partial charge in [-0.1, -0.05) is 84.0 Å². The molecule has 0 N–H and O–H groups in total. The van der Waals surface area contributed by atoms with Crippen LogP contribution in [0.4, 0.5) is 0 Å². The Hall–Kier alpha value is -0.240. The van der Waals surface area contributed by atoms with Gasteiger partial charge in [0, 0.05) is 0 Å². The maximum absolute atomic E-state index is 11.1. The van der Waals surface area contributed by atoms with Gasteiger partial charge < -0.3 is 4.74 Å². The van der Waals surface area contributed by atoms with Gasteiger partial charge in [-0.05, 0) is 13.3 Å². The molecule has 126 valence electrons. The van der Waals surface area contributed by atoms with Crippen LogP contribution in [0.5, 0.6) is 0 Å². The Kier molecular flexibility index (Phi) is 16.0. The van der Waals surface area contributed by atoms with Crippen molar-refractivity contribution in [2.75, 3.05) is 6.61 Å². The second-order valence-electron chi connectivity index (χ2n) is 6.03. The molecule has 0 fully saturated rings. The van der Waals surface area contributed by atoms with Gasteiger partial charge in [-0.3, -0.25) is 4.79 Å². The molecule has 0 aliphatic heterocycles. The Labute approximate surface area is 137 Å². The summed E-state index contributed by atoms with van der Waals surface area (Å²) in [7, 11) is 0. The van der Waals surface area contributed by atoms with Gasteiger partial charge in [0.05, 0.1) is 6.61 Å². The van der Waals surface area contributed by atoms with Crippen molar-refractivity contribution in [3.05, 3.63) is 0 Å². The minimum atomic E-state index is -0.521. The van der Waals surface area contributed by atoms with E-state index in [0.29, 0.717) is 6.61 Å². The molecule has 3 heteroatoms. The van der Waals surface area contributed by atoms with Crippen LogP contribution < -0.4 is 0 Å². The number of carbonyl (C=O) groups is 1. The molecule has 0 saturated carbocycles. The number of esters is 1. The predicted octanol–water partition coefficient (Wildman–Crippen LogP) is 6.25. The third kappa shape index (κ3) is 16.0. The standard InChI is InChI=1S/C18H35ClO2/c1-3-4-5-6-7-8-9-10-11-12-13-14-15-16-21-18(20)17(2)19/h17H,3-16H2,1-2H3. The van der Waals surface area contributed by atoms with Crippen molar-refractivity contribution in [2.24, 2.45) is 0 Å². The summed E-state index contributed by atoms with van der Waals surface area (Å²) in [5, 5.41) is -0.521. The Morgan fingerprint density at radius 2 is 1.19 bits per heavy atom. The molecule has 0 radical (unpaired) electrons. The largest absolute Gasteiger partial charge is 0.465 e. The maximum atomic E-state index is 11.1. The second kappa shape index (κ2) is 16.1. The Bertz CT molecular complexity index is 229. The van der Waals surface area contributed by atoms with Crippen LogP contribution in [0.2, 0.25) is 0 Å². The molecule has 0 aliphatic rings. The summed E-state index contributed by atoms with van der Waals surface area (Å²) in [4.78, 5) is 11.1. The molecular formula is C18H35ClO2. The van der Waals surface area contributed by atoms with Crippen LogP contribution in [0.3, 0.4) is 0 Å². The Morgan fingerprint density at radius 1 is 0.810 bits per heavy atom. The van der Waals surface area contributed by atoms with Crippen molar-refractivity contribution in [1.29, 1.82) is 0 Å². The quantitative estimate of drug-likeness (QED) is 0.203. The lowest BCUT2D eigenvalue weighted by Crippen LogP contribution is -2.14. The van der Waals surface area contributed by atoms with Gasteiger partial charge in [0.2, 0.25) is 0 Å². The van der Waals surface area contributed by atoms with E-state index < -0.39 is 5.38 Å². The molecule has 0 aromatic carbocycles. The fourth-order valence-corrected chi connectivity index (χ4v) is 2.47. The molecule has 2 nitrogen and oxygen atoms in total. The van der Waals surface area contributed by atoms with E-state index in [2.05, 4.69) is 6.92 Å². The van der Waals surface area contributed by atoms with Gasteiger partial charge in [0.1, 0.15) is 5.38 Å².